The van der Waals surface area contributed by atoms with Crippen molar-refractivity contribution in [2.24, 2.45) is 5.73 Å². The molecule has 200 valence electrons. The summed E-state index contributed by atoms with van der Waals surface area (Å²) in [5.74, 6) is 0.876. The predicted octanol–water partition coefficient (Wildman–Crippen LogP) is 5.11. The number of hydrogen-bond acceptors (Lipinski definition) is 4. The molecule has 1 atom stereocenters. The average Bonchev–Trinajstić information content (AvgIpc) is 3.44. The summed E-state index contributed by atoms with van der Waals surface area (Å²) in [6.45, 7) is 3.39. The zero-order valence-corrected chi connectivity index (χ0v) is 23.0. The summed E-state index contributed by atoms with van der Waals surface area (Å²) in [6.07, 6.45) is 3.80. The van der Waals surface area contributed by atoms with Crippen LogP contribution in [0.1, 0.15) is 42.7 Å². The minimum Gasteiger partial charge on any atom is -0.492 e. The third-order valence-corrected chi connectivity index (χ3v) is 7.85. The van der Waals surface area contributed by atoms with Crippen molar-refractivity contribution in [3.63, 3.8) is 0 Å². The number of benzene rings is 2. The van der Waals surface area contributed by atoms with E-state index >= 15 is 0 Å². The maximum Gasteiger partial charge on any atom is 0.318 e. The number of nitrogens with two attached hydrogens (primary N) is 1. The van der Waals surface area contributed by atoms with Gasteiger partial charge in [-0.2, -0.15) is 0 Å². The Bertz CT molecular complexity index is 1100. The Morgan fingerprint density at radius 1 is 0.973 bits per heavy atom. The van der Waals surface area contributed by atoms with Crippen LogP contribution in [0.25, 0.3) is 0 Å². The highest BCUT2D eigenvalue weighted by Gasteiger charge is 2.32. The maximum absolute atomic E-state index is 13.7. The number of amides is 3. The van der Waals surface area contributed by atoms with Crippen LogP contribution >= 0.6 is 34.8 Å². The van der Waals surface area contributed by atoms with Crippen LogP contribution in [0.2, 0.25) is 15.1 Å². The van der Waals surface area contributed by atoms with Gasteiger partial charge < -0.3 is 25.6 Å². The van der Waals surface area contributed by atoms with Crippen LogP contribution in [0, 0.1) is 0 Å². The highest BCUT2D eigenvalue weighted by molar-refractivity contribution is 6.35. The van der Waals surface area contributed by atoms with E-state index in [2.05, 4.69) is 5.32 Å². The molecule has 0 aliphatic carbocycles. The van der Waals surface area contributed by atoms with Crippen molar-refractivity contribution in [2.45, 2.75) is 44.1 Å². The average molecular weight is 568 g/mol. The van der Waals surface area contributed by atoms with Crippen molar-refractivity contribution in [3.8, 4) is 5.75 Å². The zero-order chi connectivity index (χ0) is 26.4. The molecule has 2 fully saturated rings. The van der Waals surface area contributed by atoms with Gasteiger partial charge in [0.15, 0.2) is 0 Å². The van der Waals surface area contributed by atoms with E-state index < -0.39 is 6.04 Å². The van der Waals surface area contributed by atoms with Crippen LogP contribution in [0.5, 0.6) is 5.75 Å². The molecule has 2 aliphatic heterocycles. The maximum atomic E-state index is 13.7. The monoisotopic (exact) mass is 566 g/mol. The topological polar surface area (TPSA) is 87.9 Å². The molecule has 0 aromatic heterocycles. The lowest BCUT2D eigenvalue weighted by molar-refractivity contribution is -0.134. The van der Waals surface area contributed by atoms with Gasteiger partial charge in [0.2, 0.25) is 5.91 Å². The fourth-order valence-electron chi connectivity index (χ4n) is 5.04. The van der Waals surface area contributed by atoms with Crippen molar-refractivity contribution in [2.75, 3.05) is 39.3 Å². The fraction of sp³-hybridized carbons (Fsp3) is 0.481. The van der Waals surface area contributed by atoms with E-state index in [1.807, 2.05) is 29.2 Å². The summed E-state index contributed by atoms with van der Waals surface area (Å²) in [7, 11) is 0. The van der Waals surface area contributed by atoms with E-state index in [9.17, 15) is 9.59 Å². The second kappa shape index (κ2) is 13.1. The Kier molecular flexibility index (Phi) is 9.82. The number of piperidine rings is 1. The molecule has 0 radical (unpaired) electrons. The number of urea groups is 1. The molecule has 2 heterocycles. The third-order valence-electron chi connectivity index (χ3n) is 7.03. The predicted molar refractivity (Wildman–Crippen MR) is 148 cm³/mol. The Labute approximate surface area is 233 Å². The molecular weight excluding hydrogens is 535 g/mol. The molecule has 2 saturated heterocycles. The summed E-state index contributed by atoms with van der Waals surface area (Å²) < 4.78 is 5.85. The number of carbonyl (C=O) groups is 2. The molecule has 0 spiro atoms. The number of nitrogens with one attached hydrogen (secondary N) is 1. The van der Waals surface area contributed by atoms with Gasteiger partial charge in [0.25, 0.3) is 0 Å². The first-order valence-corrected chi connectivity index (χ1v) is 13.9. The largest absolute Gasteiger partial charge is 0.492 e. The first kappa shape index (κ1) is 27.8. The van der Waals surface area contributed by atoms with Gasteiger partial charge in [-0.15, -0.1) is 0 Å². The summed E-state index contributed by atoms with van der Waals surface area (Å²) in [4.78, 5) is 30.2. The summed E-state index contributed by atoms with van der Waals surface area (Å²) >= 11 is 18.7. The van der Waals surface area contributed by atoms with E-state index in [4.69, 9.17) is 45.3 Å². The molecular formula is C27H33Cl3N4O3. The van der Waals surface area contributed by atoms with Crippen molar-refractivity contribution >= 4 is 46.7 Å². The minimum atomic E-state index is -0.720. The van der Waals surface area contributed by atoms with Crippen LogP contribution in [-0.4, -0.2) is 67.1 Å². The molecule has 3 amide bonds. The van der Waals surface area contributed by atoms with Crippen LogP contribution < -0.4 is 15.8 Å². The molecule has 3 N–H and O–H groups in total. The van der Waals surface area contributed by atoms with Gasteiger partial charge in [0.1, 0.15) is 18.4 Å². The minimum absolute atomic E-state index is 0.104. The second-order valence-corrected chi connectivity index (χ2v) is 10.8. The molecule has 0 unspecified atom stereocenters. The van der Waals surface area contributed by atoms with Crippen molar-refractivity contribution < 1.29 is 14.3 Å². The van der Waals surface area contributed by atoms with E-state index in [0.717, 1.165) is 42.6 Å². The lowest BCUT2D eigenvalue weighted by Crippen LogP contribution is -2.54. The van der Waals surface area contributed by atoms with Crippen LogP contribution in [0.15, 0.2) is 36.4 Å². The van der Waals surface area contributed by atoms with Gasteiger partial charge in [-0.3, -0.25) is 4.79 Å². The van der Waals surface area contributed by atoms with Crippen molar-refractivity contribution in [1.29, 1.82) is 0 Å². The number of likely N-dealkylation sites (tertiary alicyclic amines) is 2. The summed E-state index contributed by atoms with van der Waals surface area (Å²) in [6, 6.07) is 9.97. The molecule has 10 heteroatoms. The number of ether oxygens (including phenoxy) is 1. The second-order valence-electron chi connectivity index (χ2n) is 9.55. The molecule has 37 heavy (non-hydrogen) atoms. The Balaban J connectivity index is 1.46. The normalized spacial score (nSPS) is 17.1. The molecule has 7 nitrogen and oxygen atoms in total. The summed E-state index contributed by atoms with van der Waals surface area (Å²) in [5, 5.41) is 4.60. The van der Waals surface area contributed by atoms with Crippen LogP contribution in [0.4, 0.5) is 4.79 Å². The molecule has 2 aromatic carbocycles. The number of nitrogens with zero attached hydrogens (tertiary/aromatic N) is 2. The van der Waals surface area contributed by atoms with Gasteiger partial charge in [0, 0.05) is 54.2 Å². The highest BCUT2D eigenvalue weighted by Crippen LogP contribution is 2.36. The highest BCUT2D eigenvalue weighted by atomic mass is 35.5. The van der Waals surface area contributed by atoms with Gasteiger partial charge in [-0.1, -0.05) is 46.9 Å². The van der Waals surface area contributed by atoms with E-state index in [1.54, 1.807) is 17.0 Å². The quantitative estimate of drug-likeness (QED) is 0.464. The van der Waals surface area contributed by atoms with Gasteiger partial charge in [-0.05, 0) is 67.0 Å². The van der Waals surface area contributed by atoms with Crippen molar-refractivity contribution in [3.05, 3.63) is 62.6 Å². The standard InChI is InChI=1S/C27H33Cl3N4O3/c28-20-4-3-19(23(30)16-20)15-24(32-27(36)34-10-1-2-11-34)26(35)33-12-7-18(8-13-33)22-6-5-21(29)17-25(22)37-14-9-31/h3-6,16-18,24H,1-2,7-15,31H2,(H,32,36)/t24-/m1/s1. The van der Waals surface area contributed by atoms with Crippen molar-refractivity contribution in [1.82, 2.24) is 15.1 Å². The molecule has 4 rings (SSSR count). The third kappa shape index (κ3) is 7.23. The van der Waals surface area contributed by atoms with Gasteiger partial charge >= 0.3 is 6.03 Å². The van der Waals surface area contributed by atoms with E-state index in [0.29, 0.717) is 60.8 Å². The smallest absolute Gasteiger partial charge is 0.318 e. The lowest BCUT2D eigenvalue weighted by Gasteiger charge is -2.35. The molecule has 2 aliphatic rings. The fourth-order valence-corrected chi connectivity index (χ4v) is 5.69. The molecule has 2 aromatic rings. The Morgan fingerprint density at radius 3 is 2.32 bits per heavy atom. The number of rotatable bonds is 8. The van der Waals surface area contributed by atoms with Crippen LogP contribution in [-0.2, 0) is 11.2 Å². The Morgan fingerprint density at radius 2 is 1.65 bits per heavy atom. The number of hydrogen-bond donors (Lipinski definition) is 2. The van der Waals surface area contributed by atoms with Gasteiger partial charge in [0.05, 0.1) is 0 Å². The first-order valence-electron chi connectivity index (χ1n) is 12.8. The number of halogens is 3. The summed E-state index contributed by atoms with van der Waals surface area (Å²) in [5.41, 5.74) is 7.47. The van der Waals surface area contributed by atoms with Gasteiger partial charge in [-0.25, -0.2) is 4.79 Å². The number of carbonyl (C=O) groups excluding carboxylic acids is 2. The van der Waals surface area contributed by atoms with E-state index in [1.165, 1.54) is 0 Å². The lowest BCUT2D eigenvalue weighted by atomic mass is 9.88. The zero-order valence-electron chi connectivity index (χ0n) is 20.7. The first-order chi connectivity index (χ1) is 17.9. The van der Waals surface area contributed by atoms with Crippen LogP contribution in [0.3, 0.4) is 0 Å². The van der Waals surface area contributed by atoms with E-state index in [-0.39, 0.29) is 17.9 Å². The molecule has 0 bridgehead atoms. The Hall–Kier alpha value is -2.19. The SMILES string of the molecule is NCCOc1cc(Cl)ccc1C1CCN(C(=O)[C@@H](Cc2ccc(Cl)cc2Cl)NC(=O)N2CCCC2)CC1. The molecule has 0 saturated carbocycles.